The van der Waals surface area contributed by atoms with Crippen LogP contribution in [0.5, 0.6) is 0 Å². The third kappa shape index (κ3) is 2.20. The van der Waals surface area contributed by atoms with Crippen LogP contribution in [-0.4, -0.2) is 0 Å². The van der Waals surface area contributed by atoms with E-state index >= 15 is 0 Å². The Morgan fingerprint density at radius 2 is 1.20 bits per heavy atom. The summed E-state index contributed by atoms with van der Waals surface area (Å²) in [6.07, 6.45) is 0. The van der Waals surface area contributed by atoms with Crippen molar-refractivity contribution in [2.75, 3.05) is 0 Å². The van der Waals surface area contributed by atoms with Crippen molar-refractivity contribution < 1.29 is 17.6 Å². The summed E-state index contributed by atoms with van der Waals surface area (Å²) in [4.78, 5) is 0. The molecule has 1 aliphatic rings. The quantitative estimate of drug-likeness (QED) is 0.726. The van der Waals surface area contributed by atoms with Crippen molar-refractivity contribution in [1.82, 2.24) is 0 Å². The molecule has 0 aliphatic heterocycles. The van der Waals surface area contributed by atoms with Crippen LogP contribution < -0.4 is 0 Å². The summed E-state index contributed by atoms with van der Waals surface area (Å²) in [6.45, 7) is 0. The fraction of sp³-hybridized carbons (Fsp3) is 0.250. The average Bonchev–Trinajstić information content (AvgIpc) is 2.46. The Morgan fingerprint density at radius 3 is 1.50 bits per heavy atom. The van der Waals surface area contributed by atoms with Gasteiger partial charge in [0.05, 0.1) is 30.2 Å². The Bertz CT molecular complexity index is 543. The molecular formula is C12H3F4N4. The van der Waals surface area contributed by atoms with Crippen LogP contribution in [-0.2, 0) is 0 Å². The van der Waals surface area contributed by atoms with Crippen LogP contribution in [0.15, 0.2) is 23.3 Å². The van der Waals surface area contributed by atoms with Gasteiger partial charge in [-0.2, -0.15) is 21.0 Å². The molecule has 0 atom stereocenters. The highest BCUT2D eigenvalue weighted by molar-refractivity contribution is 5.45. The lowest BCUT2D eigenvalue weighted by molar-refractivity contribution is 0.302. The molecule has 1 rings (SSSR count). The molecule has 0 fully saturated rings. The highest BCUT2D eigenvalue weighted by Crippen LogP contribution is 2.47. The average molecular weight is 279 g/mol. The van der Waals surface area contributed by atoms with Gasteiger partial charge in [-0.3, -0.25) is 0 Å². The highest BCUT2D eigenvalue weighted by atomic mass is 19.2. The molecule has 8 heteroatoms. The van der Waals surface area contributed by atoms with E-state index in [9.17, 15) is 17.6 Å². The van der Waals surface area contributed by atoms with Crippen LogP contribution in [0.2, 0.25) is 0 Å². The van der Waals surface area contributed by atoms with Crippen molar-refractivity contribution >= 4 is 0 Å². The molecule has 0 aromatic heterocycles. The minimum absolute atomic E-state index is 1.07. The van der Waals surface area contributed by atoms with Crippen LogP contribution >= 0.6 is 0 Å². The van der Waals surface area contributed by atoms with Crippen LogP contribution in [0.1, 0.15) is 0 Å². The van der Waals surface area contributed by atoms with Gasteiger partial charge in [-0.25, -0.2) is 17.6 Å². The molecule has 0 N–H and O–H groups in total. The monoisotopic (exact) mass is 279 g/mol. The molecule has 0 aromatic carbocycles. The molecule has 1 radical (unpaired) electrons. The van der Waals surface area contributed by atoms with E-state index in [0.717, 1.165) is 12.1 Å². The fourth-order valence-corrected chi connectivity index (χ4v) is 1.67. The summed E-state index contributed by atoms with van der Waals surface area (Å²) in [6, 6.07) is 4.71. The van der Waals surface area contributed by atoms with Gasteiger partial charge in [0.15, 0.2) is 5.92 Å². The number of nitrogens with zero attached hydrogens (tertiary/aromatic N) is 4. The minimum atomic E-state index is -2.40. The highest BCUT2D eigenvalue weighted by Gasteiger charge is 2.46. The number of halogens is 4. The van der Waals surface area contributed by atoms with E-state index in [1.54, 1.807) is 0 Å². The second kappa shape index (κ2) is 5.87. The molecule has 0 spiro atoms. The first-order valence-electron chi connectivity index (χ1n) is 5.00. The number of hydrogen-bond acceptors (Lipinski definition) is 4. The molecule has 0 bridgehead atoms. The zero-order chi connectivity index (χ0) is 15.4. The molecular weight excluding hydrogens is 276 g/mol. The van der Waals surface area contributed by atoms with Crippen molar-refractivity contribution in [1.29, 1.82) is 21.0 Å². The van der Waals surface area contributed by atoms with Crippen LogP contribution in [0.3, 0.4) is 0 Å². The Kier molecular flexibility index (Phi) is 4.46. The lowest BCUT2D eigenvalue weighted by Gasteiger charge is -2.24. The number of allylic oxidation sites excluding steroid dienone is 4. The third-order valence-corrected chi connectivity index (χ3v) is 2.65. The summed E-state index contributed by atoms with van der Waals surface area (Å²) in [7, 11) is 0. The van der Waals surface area contributed by atoms with Gasteiger partial charge in [-0.15, -0.1) is 0 Å². The van der Waals surface area contributed by atoms with Crippen LogP contribution in [0.4, 0.5) is 17.6 Å². The topological polar surface area (TPSA) is 95.2 Å². The Labute approximate surface area is 111 Å². The van der Waals surface area contributed by atoms with Crippen molar-refractivity contribution in [2.45, 2.75) is 0 Å². The maximum atomic E-state index is 13.7. The van der Waals surface area contributed by atoms with Gasteiger partial charge in [-0.1, -0.05) is 0 Å². The first-order chi connectivity index (χ1) is 9.44. The molecule has 1 aliphatic carbocycles. The van der Waals surface area contributed by atoms with Crippen molar-refractivity contribution in [3.05, 3.63) is 29.2 Å². The second-order valence-corrected chi connectivity index (χ2v) is 3.68. The molecule has 20 heavy (non-hydrogen) atoms. The van der Waals surface area contributed by atoms with E-state index in [1.807, 2.05) is 0 Å². The maximum absolute atomic E-state index is 13.7. The lowest BCUT2D eigenvalue weighted by atomic mass is 9.80. The minimum Gasteiger partial charge on any atom is -0.208 e. The van der Waals surface area contributed by atoms with Crippen molar-refractivity contribution in [3.63, 3.8) is 0 Å². The Hall–Kier alpha value is -2.84. The lowest BCUT2D eigenvalue weighted by Crippen LogP contribution is -2.25. The van der Waals surface area contributed by atoms with E-state index < -0.39 is 47.0 Å². The first kappa shape index (κ1) is 15.2. The first-order valence-corrected chi connectivity index (χ1v) is 5.00. The SMILES string of the molecule is N#C[C](C#N)C1C(F)=C(F)C(C(C#N)C#N)C(F)=C1F. The number of nitriles is 4. The predicted octanol–water partition coefficient (Wildman–Crippen LogP) is 2.82. The summed E-state index contributed by atoms with van der Waals surface area (Å²) < 4.78 is 54.8. The molecule has 4 nitrogen and oxygen atoms in total. The molecule has 0 unspecified atom stereocenters. The van der Waals surface area contributed by atoms with Gasteiger partial charge < -0.3 is 0 Å². The molecule has 0 aromatic rings. The smallest absolute Gasteiger partial charge is 0.192 e. The molecule has 99 valence electrons. The zero-order valence-corrected chi connectivity index (χ0v) is 9.53. The van der Waals surface area contributed by atoms with Gasteiger partial charge >= 0.3 is 0 Å². The van der Waals surface area contributed by atoms with E-state index in [1.165, 1.54) is 12.1 Å². The summed E-state index contributed by atoms with van der Waals surface area (Å²) in [5.41, 5.74) is 0. The predicted molar refractivity (Wildman–Crippen MR) is 54.6 cm³/mol. The summed E-state index contributed by atoms with van der Waals surface area (Å²) in [5, 5.41) is 34.1. The largest absolute Gasteiger partial charge is 0.208 e. The van der Waals surface area contributed by atoms with Gasteiger partial charge in [-0.05, 0) is 0 Å². The third-order valence-electron chi connectivity index (χ3n) is 2.65. The van der Waals surface area contributed by atoms with Crippen molar-refractivity contribution in [3.8, 4) is 24.3 Å². The van der Waals surface area contributed by atoms with Gasteiger partial charge in [0.1, 0.15) is 35.1 Å². The fourth-order valence-electron chi connectivity index (χ4n) is 1.67. The van der Waals surface area contributed by atoms with E-state index in [0.29, 0.717) is 0 Å². The molecule has 0 saturated carbocycles. The standard InChI is InChI=1S/C12H3F4N4/c13-9-7(5(1-17)2-18)10(14)12(16)8(11(9)15)6(3-19)4-20/h5,7-8H. The molecule has 0 saturated heterocycles. The second-order valence-electron chi connectivity index (χ2n) is 3.68. The number of hydrogen-bond donors (Lipinski definition) is 0. The van der Waals surface area contributed by atoms with E-state index in [-0.39, 0.29) is 0 Å². The van der Waals surface area contributed by atoms with Crippen LogP contribution in [0.25, 0.3) is 0 Å². The van der Waals surface area contributed by atoms with Gasteiger partial charge in [0.2, 0.25) is 0 Å². The van der Waals surface area contributed by atoms with Gasteiger partial charge in [0.25, 0.3) is 0 Å². The zero-order valence-electron chi connectivity index (χ0n) is 9.53. The van der Waals surface area contributed by atoms with Gasteiger partial charge in [0, 0.05) is 0 Å². The van der Waals surface area contributed by atoms with Crippen molar-refractivity contribution in [2.24, 2.45) is 17.8 Å². The van der Waals surface area contributed by atoms with E-state index in [2.05, 4.69) is 0 Å². The molecule has 0 amide bonds. The number of rotatable bonds is 2. The normalized spacial score (nSPS) is 22.3. The molecule has 0 heterocycles. The Balaban J connectivity index is 3.45. The summed E-state index contributed by atoms with van der Waals surface area (Å²) >= 11 is 0. The maximum Gasteiger partial charge on any atom is 0.192 e. The Morgan fingerprint density at radius 1 is 0.800 bits per heavy atom. The van der Waals surface area contributed by atoms with Crippen LogP contribution in [0, 0.1) is 69.0 Å². The van der Waals surface area contributed by atoms with E-state index in [4.69, 9.17) is 21.0 Å². The summed E-state index contributed by atoms with van der Waals surface area (Å²) in [5.74, 6) is -15.3.